The summed E-state index contributed by atoms with van der Waals surface area (Å²) in [6.45, 7) is 15.8. The number of carbonyl (C=O) groups is 4. The number of para-hydroxylation sites is 1. The molecule has 1 aromatic rings. The van der Waals surface area contributed by atoms with E-state index in [4.69, 9.17) is 9.47 Å². The Morgan fingerprint density at radius 1 is 1.19 bits per heavy atom. The van der Waals surface area contributed by atoms with E-state index in [0.29, 0.717) is 5.56 Å². The van der Waals surface area contributed by atoms with E-state index >= 15 is 0 Å². The van der Waals surface area contributed by atoms with Gasteiger partial charge in [0.2, 0.25) is 11.8 Å². The number of nitrogens with one attached hydrogen (secondary N) is 2. The van der Waals surface area contributed by atoms with Crippen molar-refractivity contribution in [3.05, 3.63) is 42.0 Å². The van der Waals surface area contributed by atoms with Crippen LogP contribution in [0.1, 0.15) is 65.1 Å². The monoisotopic (exact) mass is 519 g/mol. The van der Waals surface area contributed by atoms with Crippen molar-refractivity contribution >= 4 is 23.9 Å². The number of phenols is 1. The van der Waals surface area contributed by atoms with Crippen LogP contribution in [0.3, 0.4) is 0 Å². The van der Waals surface area contributed by atoms with Crippen LogP contribution in [0.15, 0.2) is 30.9 Å². The molecule has 0 aromatic heterocycles. The summed E-state index contributed by atoms with van der Waals surface area (Å²) < 4.78 is 10.2. The summed E-state index contributed by atoms with van der Waals surface area (Å²) in [5.74, 6) is -2.15. The Morgan fingerprint density at radius 2 is 1.84 bits per heavy atom. The highest BCUT2D eigenvalue weighted by Crippen LogP contribution is 2.32. The highest BCUT2D eigenvalue weighted by atomic mass is 16.6. The maximum atomic E-state index is 13.8. The van der Waals surface area contributed by atoms with Gasteiger partial charge in [-0.1, -0.05) is 38.1 Å². The van der Waals surface area contributed by atoms with Crippen LogP contribution in [0.4, 0.5) is 4.79 Å². The lowest BCUT2D eigenvalue weighted by Gasteiger charge is -2.35. The van der Waals surface area contributed by atoms with Gasteiger partial charge in [-0.05, 0) is 46.1 Å². The molecule has 0 fully saturated rings. The molecule has 0 saturated heterocycles. The number of aromatic hydroxyl groups is 1. The number of aryl methyl sites for hydroxylation is 1. The second kappa shape index (κ2) is 14.2. The van der Waals surface area contributed by atoms with Crippen molar-refractivity contribution in [3.8, 4) is 5.75 Å². The van der Waals surface area contributed by atoms with Gasteiger partial charge in [0, 0.05) is 18.7 Å². The second-order valence-corrected chi connectivity index (χ2v) is 9.91. The highest BCUT2D eigenvalue weighted by molar-refractivity contribution is 5.93. The Labute approximate surface area is 219 Å². The minimum atomic E-state index is -1.27. The summed E-state index contributed by atoms with van der Waals surface area (Å²) in [5.41, 5.74) is -0.0619. The maximum Gasteiger partial charge on any atom is 0.408 e. The number of nitrogens with zero attached hydrogens (tertiary/aromatic N) is 1. The molecule has 3 amide bonds. The lowest BCUT2D eigenvalue weighted by atomic mass is 9.97. The van der Waals surface area contributed by atoms with E-state index in [1.807, 2.05) is 0 Å². The molecule has 0 radical (unpaired) electrons. The number of rotatable bonds is 12. The minimum absolute atomic E-state index is 0.0272. The van der Waals surface area contributed by atoms with Crippen LogP contribution < -0.4 is 10.6 Å². The van der Waals surface area contributed by atoms with E-state index in [9.17, 15) is 24.3 Å². The fraction of sp³-hybridized carbons (Fsp3) is 0.556. The number of alkyl carbamates (subject to hydrolysis) is 1. The SMILES string of the molecule is C=CCN(C(=O)C(NC(=O)OC(C)(C)C)C(C)C)C(C(=O)NCCC(=O)OCC)c1cccc(C)c1O. The molecular weight excluding hydrogens is 478 g/mol. The Hall–Kier alpha value is -3.56. The molecule has 37 heavy (non-hydrogen) atoms. The first kappa shape index (κ1) is 31.5. The van der Waals surface area contributed by atoms with Gasteiger partial charge >= 0.3 is 12.1 Å². The summed E-state index contributed by atoms with van der Waals surface area (Å²) in [4.78, 5) is 52.8. The molecule has 0 aliphatic rings. The number of esters is 1. The van der Waals surface area contributed by atoms with E-state index < -0.39 is 41.6 Å². The normalized spacial score (nSPS) is 12.8. The summed E-state index contributed by atoms with van der Waals surface area (Å²) in [7, 11) is 0. The van der Waals surface area contributed by atoms with E-state index in [1.165, 1.54) is 11.0 Å². The lowest BCUT2D eigenvalue weighted by Crippen LogP contribution is -2.55. The third kappa shape index (κ3) is 9.78. The van der Waals surface area contributed by atoms with E-state index in [1.54, 1.807) is 66.7 Å². The van der Waals surface area contributed by atoms with Crippen molar-refractivity contribution in [2.45, 2.75) is 72.6 Å². The van der Waals surface area contributed by atoms with Gasteiger partial charge in [0.05, 0.1) is 13.0 Å². The van der Waals surface area contributed by atoms with Gasteiger partial charge in [0.1, 0.15) is 23.4 Å². The van der Waals surface area contributed by atoms with E-state index in [2.05, 4.69) is 17.2 Å². The number of hydrogen-bond donors (Lipinski definition) is 3. The Kier molecular flexibility index (Phi) is 12.1. The smallest absolute Gasteiger partial charge is 0.408 e. The van der Waals surface area contributed by atoms with Crippen LogP contribution in [0.2, 0.25) is 0 Å². The van der Waals surface area contributed by atoms with Crippen LogP contribution in [-0.4, -0.2) is 65.2 Å². The second-order valence-electron chi connectivity index (χ2n) is 9.91. The average molecular weight is 520 g/mol. The van der Waals surface area contributed by atoms with Crippen molar-refractivity contribution in [2.24, 2.45) is 5.92 Å². The van der Waals surface area contributed by atoms with E-state index in [-0.39, 0.29) is 43.3 Å². The molecule has 0 aliphatic heterocycles. The molecule has 1 aromatic carbocycles. The predicted octanol–water partition coefficient (Wildman–Crippen LogP) is 3.38. The van der Waals surface area contributed by atoms with Gasteiger partial charge in [-0.2, -0.15) is 0 Å². The molecule has 2 unspecified atom stereocenters. The average Bonchev–Trinajstić information content (AvgIpc) is 2.78. The Morgan fingerprint density at radius 3 is 2.38 bits per heavy atom. The third-order valence-corrected chi connectivity index (χ3v) is 5.27. The number of hydrogen-bond acceptors (Lipinski definition) is 7. The van der Waals surface area contributed by atoms with Crippen molar-refractivity contribution in [3.63, 3.8) is 0 Å². The zero-order chi connectivity index (χ0) is 28.3. The van der Waals surface area contributed by atoms with Gasteiger partial charge in [-0.3, -0.25) is 14.4 Å². The minimum Gasteiger partial charge on any atom is -0.507 e. The van der Waals surface area contributed by atoms with Crippen molar-refractivity contribution in [2.75, 3.05) is 19.7 Å². The van der Waals surface area contributed by atoms with Gasteiger partial charge < -0.3 is 30.1 Å². The predicted molar refractivity (Wildman–Crippen MR) is 140 cm³/mol. The van der Waals surface area contributed by atoms with Crippen LogP contribution in [0.25, 0.3) is 0 Å². The molecule has 0 saturated carbocycles. The number of carbonyl (C=O) groups excluding carboxylic acids is 4. The molecular formula is C27H41N3O7. The molecule has 3 N–H and O–H groups in total. The first-order valence-electron chi connectivity index (χ1n) is 12.4. The quantitative estimate of drug-likeness (QED) is 0.285. The summed E-state index contributed by atoms with van der Waals surface area (Å²) >= 11 is 0. The zero-order valence-corrected chi connectivity index (χ0v) is 22.9. The number of benzene rings is 1. The summed E-state index contributed by atoms with van der Waals surface area (Å²) in [6.07, 6.45) is 0.622. The Balaban J connectivity index is 3.42. The van der Waals surface area contributed by atoms with Gasteiger partial charge in [-0.25, -0.2) is 4.79 Å². The molecule has 0 heterocycles. The van der Waals surface area contributed by atoms with Crippen molar-refractivity contribution in [1.29, 1.82) is 0 Å². The van der Waals surface area contributed by atoms with E-state index in [0.717, 1.165) is 0 Å². The molecule has 10 nitrogen and oxygen atoms in total. The summed E-state index contributed by atoms with van der Waals surface area (Å²) in [6, 6.07) is 2.59. The highest BCUT2D eigenvalue weighted by Gasteiger charge is 2.38. The van der Waals surface area contributed by atoms with Crippen LogP contribution in [0.5, 0.6) is 5.75 Å². The Bertz CT molecular complexity index is 969. The topological polar surface area (TPSA) is 134 Å². The fourth-order valence-electron chi connectivity index (χ4n) is 3.56. The molecule has 206 valence electrons. The first-order valence-corrected chi connectivity index (χ1v) is 12.4. The molecule has 2 atom stereocenters. The molecule has 10 heteroatoms. The molecule has 1 rings (SSSR count). The number of phenolic OH excluding ortho intramolecular Hbond substituents is 1. The third-order valence-electron chi connectivity index (χ3n) is 5.27. The fourth-order valence-corrected chi connectivity index (χ4v) is 3.56. The number of amides is 3. The van der Waals surface area contributed by atoms with Crippen LogP contribution in [0, 0.1) is 12.8 Å². The molecule has 0 aliphatic carbocycles. The first-order chi connectivity index (χ1) is 17.2. The van der Waals surface area contributed by atoms with Gasteiger partial charge in [-0.15, -0.1) is 6.58 Å². The lowest BCUT2D eigenvalue weighted by molar-refractivity contribution is -0.144. The molecule has 0 spiro atoms. The van der Waals surface area contributed by atoms with Gasteiger partial charge in [0.15, 0.2) is 0 Å². The standard InChI is InChI=1S/C27H41N3O7/c1-9-16-30(25(34)21(17(3)4)29-26(35)37-27(6,7)8)22(19-13-11-12-18(5)23(19)32)24(33)28-15-14-20(31)36-10-2/h9,11-13,17,21-22,32H,1,10,14-16H2,2-8H3,(H,28,33)(H,29,35). The molecule has 0 bridgehead atoms. The maximum absolute atomic E-state index is 13.8. The van der Waals surface area contributed by atoms with Crippen molar-refractivity contribution < 1.29 is 33.8 Å². The van der Waals surface area contributed by atoms with Gasteiger partial charge in [0.25, 0.3) is 0 Å². The largest absolute Gasteiger partial charge is 0.507 e. The van der Waals surface area contributed by atoms with Crippen LogP contribution in [-0.2, 0) is 23.9 Å². The van der Waals surface area contributed by atoms with Crippen LogP contribution >= 0.6 is 0 Å². The summed E-state index contributed by atoms with van der Waals surface area (Å²) in [5, 5.41) is 16.1. The zero-order valence-electron chi connectivity index (χ0n) is 22.9. The van der Waals surface area contributed by atoms with Crippen molar-refractivity contribution in [1.82, 2.24) is 15.5 Å². The number of ether oxygens (including phenoxy) is 2.